The molecule has 2 amide bonds. The van der Waals surface area contributed by atoms with Gasteiger partial charge in [0, 0.05) is 30.3 Å². The Bertz CT molecular complexity index is 1140. The van der Waals surface area contributed by atoms with E-state index in [0.717, 1.165) is 11.1 Å². The molecule has 0 saturated carbocycles. The molecule has 5 N–H and O–H groups in total. The van der Waals surface area contributed by atoms with E-state index in [1.807, 2.05) is 60.7 Å². The van der Waals surface area contributed by atoms with E-state index in [-0.39, 0.29) is 5.71 Å². The van der Waals surface area contributed by atoms with Crippen molar-refractivity contribution in [1.29, 1.82) is 5.41 Å². The summed E-state index contributed by atoms with van der Waals surface area (Å²) in [5, 5.41) is 8.54. The van der Waals surface area contributed by atoms with Crippen molar-refractivity contribution in [3.8, 4) is 0 Å². The number of likely N-dealkylation sites (N-methyl/N-ethyl adjacent to an activating group) is 1. The molecule has 0 bridgehead atoms. The summed E-state index contributed by atoms with van der Waals surface area (Å²) in [4.78, 5) is 26.8. The number of allylic oxidation sites excluding steroid dienone is 1. The van der Waals surface area contributed by atoms with Crippen molar-refractivity contribution in [2.24, 2.45) is 11.5 Å². The minimum atomic E-state index is -0.822. The van der Waals surface area contributed by atoms with E-state index >= 15 is 0 Å². The number of primary amides is 1. The smallest absolute Gasteiger partial charge is 0.254 e. The molecule has 0 aliphatic carbocycles. The Balaban J connectivity index is 1.88. The standard InChI is InChI=1S/C26H26N4O2/c1-30(24(25(29)31)16-18-10-4-2-5-11-18)26(32)21-15-9-8-14-20(21)23(28)17-22(27)19-12-6-3-7-13-19/h2-15,17,24,28H,16,27H2,1H3,(H2,29,31)/b22-17-,28-23?/t24-/m0/s1. The Morgan fingerprint density at radius 1 is 0.875 bits per heavy atom. The Morgan fingerprint density at radius 3 is 2.00 bits per heavy atom. The number of hydrogen-bond donors (Lipinski definition) is 3. The molecule has 0 saturated heterocycles. The zero-order chi connectivity index (χ0) is 23.1. The average Bonchev–Trinajstić information content (AvgIpc) is 2.82. The average molecular weight is 427 g/mol. The Kier molecular flexibility index (Phi) is 7.18. The predicted molar refractivity (Wildman–Crippen MR) is 127 cm³/mol. The van der Waals surface area contributed by atoms with Gasteiger partial charge in [0.25, 0.3) is 5.91 Å². The van der Waals surface area contributed by atoms with Crippen LogP contribution in [0.2, 0.25) is 0 Å². The quantitative estimate of drug-likeness (QED) is 0.481. The van der Waals surface area contributed by atoms with E-state index in [4.69, 9.17) is 16.9 Å². The molecule has 0 unspecified atom stereocenters. The zero-order valence-electron chi connectivity index (χ0n) is 17.9. The topological polar surface area (TPSA) is 113 Å². The second-order valence-corrected chi connectivity index (χ2v) is 7.45. The minimum absolute atomic E-state index is 0.0994. The van der Waals surface area contributed by atoms with Gasteiger partial charge in [0.1, 0.15) is 6.04 Å². The summed E-state index contributed by atoms with van der Waals surface area (Å²) >= 11 is 0. The molecule has 32 heavy (non-hydrogen) atoms. The van der Waals surface area contributed by atoms with Gasteiger partial charge in [0.05, 0.1) is 5.71 Å². The van der Waals surface area contributed by atoms with Gasteiger partial charge in [-0.05, 0) is 23.3 Å². The third kappa shape index (κ3) is 5.29. The molecule has 162 valence electrons. The normalized spacial score (nSPS) is 12.1. The van der Waals surface area contributed by atoms with Crippen LogP contribution < -0.4 is 11.5 Å². The molecule has 6 nitrogen and oxygen atoms in total. The first-order valence-electron chi connectivity index (χ1n) is 10.2. The molecule has 0 aliphatic heterocycles. The molecule has 0 spiro atoms. The van der Waals surface area contributed by atoms with Crippen molar-refractivity contribution in [3.05, 3.63) is 113 Å². The summed E-state index contributed by atoms with van der Waals surface area (Å²) < 4.78 is 0. The lowest BCUT2D eigenvalue weighted by Crippen LogP contribution is -2.47. The van der Waals surface area contributed by atoms with Gasteiger partial charge in [-0.15, -0.1) is 0 Å². The molecule has 1 atom stereocenters. The summed E-state index contributed by atoms with van der Waals surface area (Å²) in [5.41, 5.74) is 14.7. The van der Waals surface area contributed by atoms with E-state index in [1.165, 1.54) is 11.0 Å². The molecule has 0 radical (unpaired) electrons. The molecule has 6 heteroatoms. The van der Waals surface area contributed by atoms with Crippen molar-refractivity contribution in [2.45, 2.75) is 12.5 Å². The fourth-order valence-corrected chi connectivity index (χ4v) is 3.45. The van der Waals surface area contributed by atoms with Crippen LogP contribution in [0.5, 0.6) is 0 Å². The van der Waals surface area contributed by atoms with Crippen molar-refractivity contribution in [2.75, 3.05) is 7.05 Å². The van der Waals surface area contributed by atoms with Crippen molar-refractivity contribution < 1.29 is 9.59 Å². The lowest BCUT2D eigenvalue weighted by Gasteiger charge is -2.26. The van der Waals surface area contributed by atoms with Gasteiger partial charge in [-0.2, -0.15) is 0 Å². The van der Waals surface area contributed by atoms with Crippen LogP contribution in [0.25, 0.3) is 5.70 Å². The highest BCUT2D eigenvalue weighted by atomic mass is 16.2. The van der Waals surface area contributed by atoms with E-state index in [0.29, 0.717) is 23.2 Å². The fraction of sp³-hybridized carbons (Fsp3) is 0.115. The Hall–Kier alpha value is -4.19. The summed E-state index contributed by atoms with van der Waals surface area (Å²) in [6, 6.07) is 24.7. The summed E-state index contributed by atoms with van der Waals surface area (Å²) in [6.07, 6.45) is 1.83. The number of nitrogens with one attached hydrogen (secondary N) is 1. The molecular formula is C26H26N4O2. The second-order valence-electron chi connectivity index (χ2n) is 7.45. The molecule has 0 fully saturated rings. The number of nitrogens with two attached hydrogens (primary N) is 2. The first-order valence-corrected chi connectivity index (χ1v) is 10.2. The lowest BCUT2D eigenvalue weighted by molar-refractivity contribution is -0.122. The maximum absolute atomic E-state index is 13.3. The fourth-order valence-electron chi connectivity index (χ4n) is 3.45. The third-order valence-electron chi connectivity index (χ3n) is 5.24. The lowest BCUT2D eigenvalue weighted by atomic mass is 9.98. The van der Waals surface area contributed by atoms with Gasteiger partial charge in [0.2, 0.25) is 5.91 Å². The molecule has 0 aromatic heterocycles. The zero-order valence-corrected chi connectivity index (χ0v) is 17.9. The van der Waals surface area contributed by atoms with E-state index in [9.17, 15) is 9.59 Å². The van der Waals surface area contributed by atoms with E-state index < -0.39 is 17.9 Å². The summed E-state index contributed by atoms with van der Waals surface area (Å²) in [6.45, 7) is 0. The van der Waals surface area contributed by atoms with Gasteiger partial charge in [-0.1, -0.05) is 78.9 Å². The number of carbonyl (C=O) groups is 2. The van der Waals surface area contributed by atoms with Crippen LogP contribution in [0.4, 0.5) is 0 Å². The molecule has 0 aliphatic rings. The molecule has 3 aromatic rings. The SMILES string of the molecule is CN(C(=O)c1ccccc1C(=N)/C=C(\N)c1ccccc1)[C@@H](Cc1ccccc1)C(N)=O. The van der Waals surface area contributed by atoms with Crippen LogP contribution in [-0.2, 0) is 11.2 Å². The number of benzene rings is 3. The summed E-state index contributed by atoms with van der Waals surface area (Å²) in [7, 11) is 1.55. The minimum Gasteiger partial charge on any atom is -0.398 e. The first kappa shape index (κ1) is 22.5. The van der Waals surface area contributed by atoms with Crippen molar-refractivity contribution in [1.82, 2.24) is 4.90 Å². The third-order valence-corrected chi connectivity index (χ3v) is 5.24. The maximum atomic E-state index is 13.3. The largest absolute Gasteiger partial charge is 0.398 e. The van der Waals surface area contributed by atoms with E-state index in [2.05, 4.69) is 0 Å². The number of amides is 2. The predicted octanol–water partition coefficient (Wildman–Crippen LogP) is 3.22. The molecule has 0 heterocycles. The summed E-state index contributed by atoms with van der Waals surface area (Å²) in [5.74, 6) is -0.984. The number of carbonyl (C=O) groups excluding carboxylic acids is 2. The van der Waals surface area contributed by atoms with Gasteiger partial charge in [-0.3, -0.25) is 9.59 Å². The van der Waals surface area contributed by atoms with Crippen LogP contribution in [0.3, 0.4) is 0 Å². The van der Waals surface area contributed by atoms with Gasteiger partial charge in [-0.25, -0.2) is 0 Å². The second kappa shape index (κ2) is 10.2. The van der Waals surface area contributed by atoms with Gasteiger partial charge in [0.15, 0.2) is 0 Å². The highest BCUT2D eigenvalue weighted by Gasteiger charge is 2.27. The van der Waals surface area contributed by atoms with Crippen LogP contribution in [-0.4, -0.2) is 35.5 Å². The molecule has 3 aromatic carbocycles. The highest BCUT2D eigenvalue weighted by molar-refractivity contribution is 6.16. The van der Waals surface area contributed by atoms with Crippen LogP contribution in [0.1, 0.15) is 27.0 Å². The van der Waals surface area contributed by atoms with Crippen molar-refractivity contribution in [3.63, 3.8) is 0 Å². The molecule has 3 rings (SSSR count). The molecular weight excluding hydrogens is 400 g/mol. The van der Waals surface area contributed by atoms with Gasteiger partial charge >= 0.3 is 0 Å². The van der Waals surface area contributed by atoms with E-state index in [1.54, 1.807) is 31.3 Å². The van der Waals surface area contributed by atoms with Gasteiger partial charge < -0.3 is 21.8 Å². The van der Waals surface area contributed by atoms with Crippen molar-refractivity contribution >= 4 is 23.2 Å². The number of hydrogen-bond acceptors (Lipinski definition) is 4. The monoisotopic (exact) mass is 426 g/mol. The Morgan fingerprint density at radius 2 is 1.41 bits per heavy atom. The first-order chi connectivity index (χ1) is 15.4. The van der Waals surface area contributed by atoms with Crippen LogP contribution in [0, 0.1) is 5.41 Å². The number of nitrogens with zero attached hydrogens (tertiary/aromatic N) is 1. The van der Waals surface area contributed by atoms with Crippen LogP contribution >= 0.6 is 0 Å². The maximum Gasteiger partial charge on any atom is 0.254 e. The number of rotatable bonds is 8. The highest BCUT2D eigenvalue weighted by Crippen LogP contribution is 2.18. The Labute approximate surface area is 187 Å². The van der Waals surface area contributed by atoms with Crippen LogP contribution in [0.15, 0.2) is 91.0 Å².